The Hall–Kier alpha value is -2.64. The second-order valence-corrected chi connectivity index (χ2v) is 7.98. The summed E-state index contributed by atoms with van der Waals surface area (Å²) >= 11 is 2.15. The van der Waals surface area contributed by atoms with E-state index in [1.165, 1.54) is 17.4 Å². The van der Waals surface area contributed by atoms with Gasteiger partial charge in [0.15, 0.2) is 0 Å². The van der Waals surface area contributed by atoms with Gasteiger partial charge in [0.1, 0.15) is 0 Å². The lowest BCUT2D eigenvalue weighted by molar-refractivity contribution is -0.777. The van der Waals surface area contributed by atoms with Crippen molar-refractivity contribution in [2.75, 3.05) is 28.8 Å². The molecule has 2 N–H and O–H groups in total. The molecular formula is C18H20N5O5S2-. The highest BCUT2D eigenvalue weighted by molar-refractivity contribution is 7.94. The van der Waals surface area contributed by atoms with Crippen LogP contribution in [0.3, 0.4) is 0 Å². The molecule has 0 aliphatic carbocycles. The average Bonchev–Trinajstić information content (AvgIpc) is 3.13. The molecule has 0 saturated heterocycles. The number of hydrogen-bond acceptors (Lipinski definition) is 11. The third-order valence-electron chi connectivity index (χ3n) is 4.45. The summed E-state index contributed by atoms with van der Waals surface area (Å²) in [6.07, 6.45) is 0. The predicted molar refractivity (Wildman–Crippen MR) is 116 cm³/mol. The van der Waals surface area contributed by atoms with Gasteiger partial charge in [-0.2, -0.15) is 4.33 Å². The molecule has 3 rings (SSSR count). The highest BCUT2D eigenvalue weighted by atomic mass is 32.2. The fourth-order valence-corrected chi connectivity index (χ4v) is 4.33. The molecule has 0 aliphatic rings. The molecule has 0 unspecified atom stereocenters. The van der Waals surface area contributed by atoms with Crippen molar-refractivity contribution < 1.29 is 19.6 Å². The maximum atomic E-state index is 11.1. The van der Waals surface area contributed by atoms with E-state index in [4.69, 9.17) is 0 Å². The van der Waals surface area contributed by atoms with Crippen LogP contribution in [0.15, 0.2) is 35.2 Å². The van der Waals surface area contributed by atoms with Gasteiger partial charge in [-0.25, -0.2) is 4.98 Å². The second-order valence-electron chi connectivity index (χ2n) is 6.20. The first-order chi connectivity index (χ1) is 14.5. The van der Waals surface area contributed by atoms with E-state index < -0.39 is 4.92 Å². The summed E-state index contributed by atoms with van der Waals surface area (Å²) in [5, 5.41) is 25.4. The highest BCUT2D eigenvalue weighted by Gasteiger charge is 2.15. The summed E-state index contributed by atoms with van der Waals surface area (Å²) in [6, 6.07) is 8.89. The Morgan fingerprint density at radius 1 is 1.23 bits per heavy atom. The van der Waals surface area contributed by atoms with Crippen molar-refractivity contribution in [1.29, 1.82) is 0 Å². The first-order valence-electron chi connectivity index (χ1n) is 9.06. The minimum absolute atomic E-state index is 0.0350. The van der Waals surface area contributed by atoms with Crippen molar-refractivity contribution in [3.05, 3.63) is 46.0 Å². The van der Waals surface area contributed by atoms with Crippen LogP contribution in [-0.2, 0) is 9.37 Å². The smallest absolute Gasteiger partial charge is 0.274 e. The minimum atomic E-state index is -0.418. The number of nitro benzene ring substituents is 1. The van der Waals surface area contributed by atoms with Crippen LogP contribution in [0, 0.1) is 17.0 Å². The van der Waals surface area contributed by atoms with Crippen molar-refractivity contribution >= 4 is 55.8 Å². The quantitative estimate of drug-likeness (QED) is 0.202. The van der Waals surface area contributed by atoms with Gasteiger partial charge in [-0.05, 0) is 45.0 Å². The Bertz CT molecular complexity index is 1040. The lowest BCUT2D eigenvalue weighted by Crippen LogP contribution is -2.22. The number of hydrogen-bond donors (Lipinski definition) is 2. The Morgan fingerprint density at radius 2 is 2.00 bits per heavy atom. The Labute approximate surface area is 181 Å². The van der Waals surface area contributed by atoms with Gasteiger partial charge in [-0.3, -0.25) is 26.0 Å². The number of nitrogens with zero attached hydrogens (tertiary/aromatic N) is 3. The van der Waals surface area contributed by atoms with E-state index in [2.05, 4.69) is 44.0 Å². The molecule has 0 atom stereocenters. The predicted octanol–water partition coefficient (Wildman–Crippen LogP) is 4.03. The second kappa shape index (κ2) is 9.91. The van der Waals surface area contributed by atoms with E-state index in [9.17, 15) is 15.4 Å². The minimum Gasteiger partial charge on any atom is -0.691 e. The zero-order valence-corrected chi connectivity index (χ0v) is 18.1. The number of aryl methyl sites for hydroxylation is 1. The van der Waals surface area contributed by atoms with Crippen LogP contribution in [0.4, 0.5) is 22.2 Å². The molecule has 3 aromatic rings. The Balaban J connectivity index is 1.82. The molecule has 0 radical (unpaired) electrons. The van der Waals surface area contributed by atoms with Crippen LogP contribution in [0.1, 0.15) is 19.4 Å². The van der Waals surface area contributed by atoms with Gasteiger partial charge in [0.25, 0.3) is 5.69 Å². The average molecular weight is 451 g/mol. The van der Waals surface area contributed by atoms with E-state index >= 15 is 0 Å². The topological polar surface area (TPSA) is 125 Å². The number of nitro groups is 1. The van der Waals surface area contributed by atoms with Crippen molar-refractivity contribution in [3.63, 3.8) is 0 Å². The van der Waals surface area contributed by atoms with E-state index in [0.29, 0.717) is 26.8 Å². The van der Waals surface area contributed by atoms with Crippen molar-refractivity contribution in [2.24, 2.45) is 0 Å². The fourth-order valence-electron chi connectivity index (χ4n) is 2.95. The lowest BCUT2D eigenvalue weighted by Gasteiger charge is -2.22. The highest BCUT2D eigenvalue weighted by Crippen LogP contribution is 2.34. The summed E-state index contributed by atoms with van der Waals surface area (Å²) < 4.78 is 5.34. The van der Waals surface area contributed by atoms with Gasteiger partial charge < -0.3 is 10.2 Å². The van der Waals surface area contributed by atoms with Crippen LogP contribution >= 0.6 is 23.4 Å². The molecule has 30 heavy (non-hydrogen) atoms. The largest absolute Gasteiger partial charge is 0.691 e. The molecule has 0 bridgehead atoms. The molecule has 2 aromatic carbocycles. The Morgan fingerprint density at radius 3 is 2.67 bits per heavy atom. The van der Waals surface area contributed by atoms with Gasteiger partial charge in [-0.1, -0.05) is 11.3 Å². The Kier molecular flexibility index (Phi) is 7.29. The molecule has 160 valence electrons. The number of nitrogens with one attached hydrogen (secondary N) is 2. The van der Waals surface area contributed by atoms with E-state index in [-0.39, 0.29) is 5.69 Å². The molecule has 0 amide bonds. The normalized spacial score (nSPS) is 10.9. The number of benzene rings is 2. The number of hydrazine groups is 1. The summed E-state index contributed by atoms with van der Waals surface area (Å²) in [5.41, 5.74) is 8.82. The number of fused-ring (bicyclic) bond motifs is 1. The van der Waals surface area contributed by atoms with Gasteiger partial charge in [0, 0.05) is 30.4 Å². The summed E-state index contributed by atoms with van der Waals surface area (Å²) in [5.74, 6) is 0. The SMILES string of the molecule is CCN(CC)c1ccc(NNc2nc3cc([N+](=O)[O-])c(C)cc3s2)c(SOO[O-])c1. The van der Waals surface area contributed by atoms with Crippen LogP contribution in [0.2, 0.25) is 0 Å². The summed E-state index contributed by atoms with van der Waals surface area (Å²) in [4.78, 5) is 17.9. The van der Waals surface area contributed by atoms with Crippen LogP contribution in [-0.4, -0.2) is 23.0 Å². The number of thiazole rings is 1. The van der Waals surface area contributed by atoms with Gasteiger partial charge in [0.05, 0.1) is 37.8 Å². The number of anilines is 3. The van der Waals surface area contributed by atoms with E-state index in [1.807, 2.05) is 18.2 Å². The summed E-state index contributed by atoms with van der Waals surface area (Å²) in [6.45, 7) is 7.48. The molecule has 0 fully saturated rings. The van der Waals surface area contributed by atoms with E-state index in [1.54, 1.807) is 13.0 Å². The fraction of sp³-hybridized carbons (Fsp3) is 0.278. The first-order valence-corrected chi connectivity index (χ1v) is 10.6. The molecule has 1 aromatic heterocycles. The van der Waals surface area contributed by atoms with Crippen molar-refractivity contribution in [2.45, 2.75) is 25.7 Å². The van der Waals surface area contributed by atoms with Crippen LogP contribution in [0.5, 0.6) is 0 Å². The van der Waals surface area contributed by atoms with Gasteiger partial charge in [0.2, 0.25) is 5.13 Å². The van der Waals surface area contributed by atoms with Crippen LogP contribution in [0.25, 0.3) is 10.2 Å². The lowest BCUT2D eigenvalue weighted by atomic mass is 10.2. The third-order valence-corrected chi connectivity index (χ3v) is 6.03. The first kappa shape index (κ1) is 22.1. The number of rotatable bonds is 10. The van der Waals surface area contributed by atoms with Crippen molar-refractivity contribution in [3.8, 4) is 0 Å². The monoisotopic (exact) mass is 450 g/mol. The molecular weight excluding hydrogens is 430 g/mol. The third kappa shape index (κ3) is 4.91. The maximum absolute atomic E-state index is 11.1. The standard InChI is InChI=1S/C18H21N5O5S2/c1-4-22(5-2)12-6-7-13(17(9-12)30-28-27-26)20-21-18-19-14-10-15(23(24)25)11(3)8-16(14)29-18/h6-10,20,26H,4-5H2,1-3H3,(H,19,21)/p-1. The zero-order valence-electron chi connectivity index (χ0n) is 16.5. The molecule has 10 nitrogen and oxygen atoms in total. The zero-order chi connectivity index (χ0) is 21.7. The van der Waals surface area contributed by atoms with E-state index in [0.717, 1.165) is 35.5 Å². The van der Waals surface area contributed by atoms with Crippen molar-refractivity contribution in [1.82, 2.24) is 4.98 Å². The maximum Gasteiger partial charge on any atom is 0.274 e. The molecule has 1 heterocycles. The molecule has 0 spiro atoms. The van der Waals surface area contributed by atoms with Gasteiger partial charge >= 0.3 is 0 Å². The van der Waals surface area contributed by atoms with Gasteiger partial charge in [-0.15, -0.1) is 0 Å². The molecule has 0 aliphatic heterocycles. The molecule has 0 saturated carbocycles. The molecule has 12 heteroatoms. The number of aromatic nitrogens is 1. The van der Waals surface area contributed by atoms with Crippen LogP contribution < -0.4 is 21.0 Å². The summed E-state index contributed by atoms with van der Waals surface area (Å²) in [7, 11) is 0.